The van der Waals surface area contributed by atoms with E-state index in [1.165, 1.54) is 11.1 Å². The Bertz CT molecular complexity index is 995. The standard InChI is InChI=1S/C18H19N7O4/c1-10(15-23-24-16(29-15)12-4-3-6-19-8-12)21-17-20-7-5-14(22-17)25-13(11(2)26)9-28-18(25)27/h3-8,10-11,13,26H,9H2,1-2H3,(H,20,21,22)/t10?,11-,13?/m1/s1. The summed E-state index contributed by atoms with van der Waals surface area (Å²) in [6, 6.07) is 4.28. The van der Waals surface area contributed by atoms with E-state index < -0.39 is 18.2 Å². The Kier molecular flexibility index (Phi) is 5.04. The second kappa shape index (κ2) is 7.80. The van der Waals surface area contributed by atoms with Crippen molar-refractivity contribution in [2.24, 2.45) is 0 Å². The number of cyclic esters (lactones) is 1. The highest BCUT2D eigenvalue weighted by Crippen LogP contribution is 2.25. The largest absolute Gasteiger partial charge is 0.447 e. The van der Waals surface area contributed by atoms with Gasteiger partial charge in [-0.05, 0) is 32.0 Å². The van der Waals surface area contributed by atoms with E-state index in [0.717, 1.165) is 0 Å². The van der Waals surface area contributed by atoms with Gasteiger partial charge in [-0.1, -0.05) is 0 Å². The van der Waals surface area contributed by atoms with Gasteiger partial charge in [-0.15, -0.1) is 10.2 Å². The maximum Gasteiger partial charge on any atom is 0.416 e. The minimum Gasteiger partial charge on any atom is -0.447 e. The third-order valence-corrected chi connectivity index (χ3v) is 4.42. The molecule has 1 aliphatic rings. The van der Waals surface area contributed by atoms with Crippen molar-refractivity contribution in [3.8, 4) is 11.5 Å². The van der Waals surface area contributed by atoms with Gasteiger partial charge >= 0.3 is 6.09 Å². The molecule has 0 saturated carbocycles. The Morgan fingerprint density at radius 3 is 2.90 bits per heavy atom. The number of hydrogen-bond acceptors (Lipinski definition) is 10. The lowest BCUT2D eigenvalue weighted by Crippen LogP contribution is -2.41. The quantitative estimate of drug-likeness (QED) is 0.633. The molecule has 0 spiro atoms. The number of rotatable bonds is 6. The van der Waals surface area contributed by atoms with Gasteiger partial charge in [-0.25, -0.2) is 9.78 Å². The van der Waals surface area contributed by atoms with E-state index in [-0.39, 0.29) is 18.6 Å². The fourth-order valence-corrected chi connectivity index (χ4v) is 2.88. The minimum absolute atomic E-state index is 0.0960. The van der Waals surface area contributed by atoms with Crippen LogP contribution in [0.3, 0.4) is 0 Å². The summed E-state index contributed by atoms with van der Waals surface area (Å²) >= 11 is 0. The molecule has 0 bridgehead atoms. The number of aliphatic hydroxyl groups excluding tert-OH is 1. The molecule has 2 N–H and O–H groups in total. The van der Waals surface area contributed by atoms with Gasteiger partial charge in [-0.3, -0.25) is 9.88 Å². The second-order valence-electron chi connectivity index (χ2n) is 6.55. The molecular weight excluding hydrogens is 378 g/mol. The topological polar surface area (TPSA) is 139 Å². The number of aromatic nitrogens is 5. The van der Waals surface area contributed by atoms with Gasteiger partial charge in [0.25, 0.3) is 0 Å². The van der Waals surface area contributed by atoms with E-state index in [1.807, 2.05) is 13.0 Å². The molecule has 1 fully saturated rings. The van der Waals surface area contributed by atoms with Gasteiger partial charge in [0.1, 0.15) is 24.5 Å². The SMILES string of the molecule is CC(Nc1nccc(N2C(=O)OCC2[C@@H](C)O)n1)c1nnc(-c2cccnc2)o1. The van der Waals surface area contributed by atoms with Gasteiger partial charge in [0.15, 0.2) is 0 Å². The Hall–Kier alpha value is -3.60. The summed E-state index contributed by atoms with van der Waals surface area (Å²) in [4.78, 5) is 25.9. The molecule has 1 amide bonds. The van der Waals surface area contributed by atoms with Crippen LogP contribution in [0.25, 0.3) is 11.5 Å². The van der Waals surface area contributed by atoms with Crippen LogP contribution < -0.4 is 10.2 Å². The monoisotopic (exact) mass is 397 g/mol. The number of nitrogens with zero attached hydrogens (tertiary/aromatic N) is 6. The van der Waals surface area contributed by atoms with Crippen LogP contribution in [0.2, 0.25) is 0 Å². The molecule has 0 radical (unpaired) electrons. The van der Waals surface area contributed by atoms with Gasteiger partial charge in [0, 0.05) is 18.6 Å². The van der Waals surface area contributed by atoms with Crippen molar-refractivity contribution in [2.45, 2.75) is 32.0 Å². The van der Waals surface area contributed by atoms with E-state index in [2.05, 4.69) is 30.5 Å². The number of nitrogens with one attached hydrogen (secondary N) is 1. The first-order chi connectivity index (χ1) is 14.0. The zero-order valence-electron chi connectivity index (χ0n) is 15.8. The Labute approximate surface area is 165 Å². The van der Waals surface area contributed by atoms with Gasteiger partial charge < -0.3 is 19.6 Å². The number of ether oxygens (including phenoxy) is 1. The molecule has 4 rings (SSSR count). The van der Waals surface area contributed by atoms with Crippen molar-refractivity contribution in [2.75, 3.05) is 16.8 Å². The van der Waals surface area contributed by atoms with Crippen molar-refractivity contribution >= 4 is 17.9 Å². The molecular formula is C18H19N7O4. The molecule has 11 nitrogen and oxygen atoms in total. The molecule has 0 aliphatic carbocycles. The summed E-state index contributed by atoms with van der Waals surface area (Å²) < 4.78 is 10.7. The highest BCUT2D eigenvalue weighted by Gasteiger charge is 2.38. The summed E-state index contributed by atoms with van der Waals surface area (Å²) in [6.45, 7) is 3.51. The van der Waals surface area contributed by atoms with E-state index in [1.54, 1.807) is 31.5 Å². The Morgan fingerprint density at radius 1 is 1.28 bits per heavy atom. The lowest BCUT2D eigenvalue weighted by Gasteiger charge is -2.22. The van der Waals surface area contributed by atoms with Crippen LogP contribution in [-0.4, -0.2) is 55.1 Å². The summed E-state index contributed by atoms with van der Waals surface area (Å²) in [6.07, 6.45) is 3.47. The summed E-state index contributed by atoms with van der Waals surface area (Å²) in [5.41, 5.74) is 0.716. The van der Waals surface area contributed by atoms with E-state index >= 15 is 0 Å². The average Bonchev–Trinajstić information content (AvgIpc) is 3.36. The lowest BCUT2D eigenvalue weighted by atomic mass is 10.2. The predicted molar refractivity (Wildman–Crippen MR) is 101 cm³/mol. The van der Waals surface area contributed by atoms with Gasteiger partial charge in [-0.2, -0.15) is 4.98 Å². The molecule has 4 heterocycles. The normalized spacial score (nSPS) is 18.4. The van der Waals surface area contributed by atoms with E-state index in [4.69, 9.17) is 9.15 Å². The van der Waals surface area contributed by atoms with E-state index in [9.17, 15) is 9.90 Å². The predicted octanol–water partition coefficient (Wildman–Crippen LogP) is 1.80. The molecule has 3 aromatic heterocycles. The lowest BCUT2D eigenvalue weighted by molar-refractivity contribution is 0.142. The number of pyridine rings is 1. The fourth-order valence-electron chi connectivity index (χ4n) is 2.88. The second-order valence-corrected chi connectivity index (χ2v) is 6.55. The van der Waals surface area contributed by atoms with Crippen molar-refractivity contribution in [3.63, 3.8) is 0 Å². The molecule has 2 unspecified atom stereocenters. The van der Waals surface area contributed by atoms with Crippen LogP contribution in [0.1, 0.15) is 25.8 Å². The first kappa shape index (κ1) is 18.7. The average molecular weight is 397 g/mol. The number of amides is 1. The van der Waals surface area contributed by atoms with Crippen molar-refractivity contribution < 1.29 is 19.1 Å². The molecule has 29 heavy (non-hydrogen) atoms. The van der Waals surface area contributed by atoms with Gasteiger partial charge in [0.05, 0.1) is 11.7 Å². The number of carbonyl (C=O) groups excluding carboxylic acids is 1. The molecule has 3 atom stereocenters. The maximum atomic E-state index is 12.1. The highest BCUT2D eigenvalue weighted by molar-refractivity contribution is 5.89. The zero-order valence-corrected chi connectivity index (χ0v) is 15.8. The summed E-state index contributed by atoms with van der Waals surface area (Å²) in [5.74, 6) is 1.29. The smallest absolute Gasteiger partial charge is 0.416 e. The Morgan fingerprint density at radius 2 is 2.14 bits per heavy atom. The molecule has 3 aromatic rings. The van der Waals surface area contributed by atoms with Crippen LogP contribution >= 0.6 is 0 Å². The maximum absolute atomic E-state index is 12.1. The first-order valence-electron chi connectivity index (χ1n) is 9.00. The third-order valence-electron chi connectivity index (χ3n) is 4.42. The fraction of sp³-hybridized carbons (Fsp3) is 0.333. The van der Waals surface area contributed by atoms with Crippen LogP contribution in [-0.2, 0) is 4.74 Å². The van der Waals surface area contributed by atoms with Crippen LogP contribution in [0, 0.1) is 0 Å². The molecule has 0 aromatic carbocycles. The highest BCUT2D eigenvalue weighted by atomic mass is 16.6. The number of aliphatic hydroxyl groups is 1. The molecule has 11 heteroatoms. The number of carbonyl (C=O) groups is 1. The molecule has 1 saturated heterocycles. The Balaban J connectivity index is 1.51. The van der Waals surface area contributed by atoms with Crippen LogP contribution in [0.5, 0.6) is 0 Å². The van der Waals surface area contributed by atoms with Crippen molar-refractivity contribution in [3.05, 3.63) is 42.7 Å². The zero-order chi connectivity index (χ0) is 20.4. The number of hydrogen-bond donors (Lipinski definition) is 2. The summed E-state index contributed by atoms with van der Waals surface area (Å²) in [7, 11) is 0. The van der Waals surface area contributed by atoms with Crippen LogP contribution in [0.15, 0.2) is 41.2 Å². The third kappa shape index (κ3) is 3.85. The van der Waals surface area contributed by atoms with E-state index in [0.29, 0.717) is 23.2 Å². The molecule has 150 valence electrons. The molecule has 1 aliphatic heterocycles. The minimum atomic E-state index is -0.768. The van der Waals surface area contributed by atoms with Crippen molar-refractivity contribution in [1.29, 1.82) is 0 Å². The summed E-state index contributed by atoms with van der Waals surface area (Å²) in [5, 5.41) is 21.1. The first-order valence-corrected chi connectivity index (χ1v) is 9.00. The van der Waals surface area contributed by atoms with Crippen molar-refractivity contribution in [1.82, 2.24) is 25.1 Å². The number of anilines is 2. The van der Waals surface area contributed by atoms with Crippen LogP contribution in [0.4, 0.5) is 16.6 Å². The van der Waals surface area contributed by atoms with Gasteiger partial charge in [0.2, 0.25) is 17.7 Å².